The van der Waals surface area contributed by atoms with E-state index >= 15 is 0 Å². The third-order valence-corrected chi connectivity index (χ3v) is 2.80. The Hall–Kier alpha value is -1.14. The zero-order valence-electron chi connectivity index (χ0n) is 9.43. The first-order chi connectivity index (χ1) is 8.09. The molecule has 1 aliphatic heterocycles. The summed E-state index contributed by atoms with van der Waals surface area (Å²) in [5.74, 6) is 0.535. The molecule has 1 aromatic carbocycles. The van der Waals surface area contributed by atoms with E-state index in [0.29, 0.717) is 5.75 Å². The van der Waals surface area contributed by atoms with Crippen molar-refractivity contribution in [2.75, 3.05) is 0 Å². The molecule has 94 valence electrons. The molecule has 17 heavy (non-hydrogen) atoms. The summed E-state index contributed by atoms with van der Waals surface area (Å²) < 4.78 is 10.7. The number of rotatable bonds is 2. The first-order valence-electron chi connectivity index (χ1n) is 5.51. The number of aliphatic hydroxyl groups excluding tert-OH is 3. The van der Waals surface area contributed by atoms with Gasteiger partial charge in [0.25, 0.3) is 0 Å². The Morgan fingerprint density at radius 1 is 1.00 bits per heavy atom. The van der Waals surface area contributed by atoms with Gasteiger partial charge in [0, 0.05) is 0 Å². The lowest BCUT2D eigenvalue weighted by molar-refractivity contribution is -0.268. The zero-order chi connectivity index (χ0) is 12.4. The van der Waals surface area contributed by atoms with Gasteiger partial charge < -0.3 is 24.8 Å². The third-order valence-electron chi connectivity index (χ3n) is 2.80. The van der Waals surface area contributed by atoms with Gasteiger partial charge in [-0.15, -0.1) is 0 Å². The Kier molecular flexibility index (Phi) is 3.63. The Morgan fingerprint density at radius 3 is 2.29 bits per heavy atom. The molecule has 0 spiro atoms. The molecule has 0 amide bonds. The molecule has 1 aromatic rings. The molecule has 1 fully saturated rings. The second-order valence-electron chi connectivity index (χ2n) is 4.11. The maximum absolute atomic E-state index is 9.73. The Morgan fingerprint density at radius 2 is 1.65 bits per heavy atom. The monoisotopic (exact) mass is 240 g/mol. The standard InChI is InChI=1S/C12H16O5/c1-7-9(13)10(14)11(15)12(16-7)17-8-5-3-2-4-6-8/h2-7,9-15H,1H3/t7-,9-,10+,11+,12-/m0/s1. The third kappa shape index (κ3) is 2.58. The highest BCUT2D eigenvalue weighted by molar-refractivity contribution is 5.21. The largest absolute Gasteiger partial charge is 0.462 e. The topological polar surface area (TPSA) is 79.2 Å². The van der Waals surface area contributed by atoms with Crippen molar-refractivity contribution in [2.45, 2.75) is 37.6 Å². The van der Waals surface area contributed by atoms with Gasteiger partial charge in [-0.1, -0.05) is 18.2 Å². The lowest BCUT2D eigenvalue weighted by atomic mass is 10.00. The predicted octanol–water partition coefficient (Wildman–Crippen LogP) is -0.107. The van der Waals surface area contributed by atoms with E-state index in [1.807, 2.05) is 6.07 Å². The Labute approximate surface area is 99.2 Å². The molecule has 3 N–H and O–H groups in total. The van der Waals surface area contributed by atoms with Gasteiger partial charge in [-0.3, -0.25) is 0 Å². The van der Waals surface area contributed by atoms with Gasteiger partial charge in [0.2, 0.25) is 6.29 Å². The van der Waals surface area contributed by atoms with E-state index in [-0.39, 0.29) is 0 Å². The minimum absolute atomic E-state index is 0.535. The first-order valence-corrected chi connectivity index (χ1v) is 5.51. The van der Waals surface area contributed by atoms with Crippen LogP contribution in [0.15, 0.2) is 30.3 Å². The molecular formula is C12H16O5. The fourth-order valence-corrected chi connectivity index (χ4v) is 1.74. The van der Waals surface area contributed by atoms with Crippen molar-refractivity contribution < 1.29 is 24.8 Å². The summed E-state index contributed by atoms with van der Waals surface area (Å²) in [5.41, 5.74) is 0. The van der Waals surface area contributed by atoms with E-state index in [9.17, 15) is 15.3 Å². The van der Waals surface area contributed by atoms with Crippen LogP contribution in [0.3, 0.4) is 0 Å². The maximum Gasteiger partial charge on any atom is 0.229 e. The molecule has 0 saturated carbocycles. The van der Waals surface area contributed by atoms with Crippen LogP contribution in [0, 0.1) is 0 Å². The summed E-state index contributed by atoms with van der Waals surface area (Å²) >= 11 is 0. The van der Waals surface area contributed by atoms with Crippen molar-refractivity contribution in [2.24, 2.45) is 0 Å². The van der Waals surface area contributed by atoms with Crippen LogP contribution in [-0.4, -0.2) is 46.0 Å². The number of benzene rings is 1. The quantitative estimate of drug-likeness (QED) is 0.672. The summed E-state index contributed by atoms with van der Waals surface area (Å²) in [6, 6.07) is 8.86. The van der Waals surface area contributed by atoms with Crippen LogP contribution >= 0.6 is 0 Å². The van der Waals surface area contributed by atoms with Crippen molar-refractivity contribution in [3.05, 3.63) is 30.3 Å². The van der Waals surface area contributed by atoms with E-state index in [1.165, 1.54) is 0 Å². The molecule has 0 aromatic heterocycles. The Bertz CT molecular complexity index is 355. The van der Waals surface area contributed by atoms with Crippen LogP contribution in [-0.2, 0) is 4.74 Å². The molecule has 0 radical (unpaired) electrons. The van der Waals surface area contributed by atoms with E-state index < -0.39 is 30.7 Å². The lowest BCUT2D eigenvalue weighted by Crippen LogP contribution is -2.58. The molecule has 0 bridgehead atoms. The van der Waals surface area contributed by atoms with Gasteiger partial charge in [0.15, 0.2) is 0 Å². The summed E-state index contributed by atoms with van der Waals surface area (Å²) in [7, 11) is 0. The molecule has 1 saturated heterocycles. The molecule has 0 aliphatic carbocycles. The van der Waals surface area contributed by atoms with Crippen LogP contribution in [0.5, 0.6) is 5.75 Å². The van der Waals surface area contributed by atoms with Crippen LogP contribution < -0.4 is 4.74 Å². The molecule has 2 rings (SSSR count). The zero-order valence-corrected chi connectivity index (χ0v) is 9.43. The molecule has 5 nitrogen and oxygen atoms in total. The minimum atomic E-state index is -1.28. The number of aliphatic hydroxyl groups is 3. The number of ether oxygens (including phenoxy) is 2. The van der Waals surface area contributed by atoms with Crippen LogP contribution in [0.2, 0.25) is 0 Å². The average Bonchev–Trinajstić information content (AvgIpc) is 2.35. The second-order valence-corrected chi connectivity index (χ2v) is 4.11. The van der Waals surface area contributed by atoms with E-state index in [0.717, 1.165) is 0 Å². The molecule has 1 aliphatic rings. The molecule has 1 heterocycles. The van der Waals surface area contributed by atoms with Crippen LogP contribution in [0.4, 0.5) is 0 Å². The fourth-order valence-electron chi connectivity index (χ4n) is 1.74. The first kappa shape index (κ1) is 12.3. The van der Waals surface area contributed by atoms with Crippen molar-refractivity contribution in [3.63, 3.8) is 0 Å². The number of para-hydroxylation sites is 1. The fraction of sp³-hybridized carbons (Fsp3) is 0.500. The highest BCUT2D eigenvalue weighted by Crippen LogP contribution is 2.23. The summed E-state index contributed by atoms with van der Waals surface area (Å²) in [4.78, 5) is 0. The van der Waals surface area contributed by atoms with E-state index in [2.05, 4.69) is 0 Å². The van der Waals surface area contributed by atoms with Gasteiger partial charge in [-0.2, -0.15) is 0 Å². The molecule has 5 atom stereocenters. The molecule has 0 unspecified atom stereocenters. The van der Waals surface area contributed by atoms with Crippen LogP contribution in [0.25, 0.3) is 0 Å². The summed E-state index contributed by atoms with van der Waals surface area (Å²) in [6.07, 6.45) is -5.23. The summed E-state index contributed by atoms with van der Waals surface area (Å²) in [5, 5.41) is 28.8. The van der Waals surface area contributed by atoms with E-state index in [1.54, 1.807) is 31.2 Å². The van der Waals surface area contributed by atoms with Gasteiger partial charge in [-0.25, -0.2) is 0 Å². The highest BCUT2D eigenvalue weighted by Gasteiger charge is 2.43. The number of hydrogen-bond acceptors (Lipinski definition) is 5. The van der Waals surface area contributed by atoms with Gasteiger partial charge in [-0.05, 0) is 19.1 Å². The SMILES string of the molecule is C[C@@H]1O[C@@H](Oc2ccccc2)[C@H](O)[C@H](O)[C@H]1O. The summed E-state index contributed by atoms with van der Waals surface area (Å²) in [6.45, 7) is 1.61. The molecular weight excluding hydrogens is 224 g/mol. The number of hydrogen-bond donors (Lipinski definition) is 3. The predicted molar refractivity (Wildman–Crippen MR) is 59.4 cm³/mol. The second kappa shape index (κ2) is 5.01. The lowest BCUT2D eigenvalue weighted by Gasteiger charge is -2.38. The van der Waals surface area contributed by atoms with Crippen molar-refractivity contribution in [1.29, 1.82) is 0 Å². The maximum atomic E-state index is 9.73. The van der Waals surface area contributed by atoms with Gasteiger partial charge >= 0.3 is 0 Å². The van der Waals surface area contributed by atoms with Crippen molar-refractivity contribution in [1.82, 2.24) is 0 Å². The van der Waals surface area contributed by atoms with Crippen molar-refractivity contribution in [3.8, 4) is 5.75 Å². The van der Waals surface area contributed by atoms with Gasteiger partial charge in [0.05, 0.1) is 6.10 Å². The minimum Gasteiger partial charge on any atom is -0.462 e. The molecule has 5 heteroatoms. The van der Waals surface area contributed by atoms with Crippen LogP contribution in [0.1, 0.15) is 6.92 Å². The average molecular weight is 240 g/mol. The van der Waals surface area contributed by atoms with Gasteiger partial charge in [0.1, 0.15) is 24.1 Å². The Balaban J connectivity index is 2.06. The van der Waals surface area contributed by atoms with E-state index in [4.69, 9.17) is 9.47 Å². The normalized spacial score (nSPS) is 37.8. The van der Waals surface area contributed by atoms with Crippen molar-refractivity contribution >= 4 is 0 Å². The smallest absolute Gasteiger partial charge is 0.229 e. The highest BCUT2D eigenvalue weighted by atomic mass is 16.7.